The molecule has 0 unspecified atom stereocenters. The highest BCUT2D eigenvalue weighted by molar-refractivity contribution is 6.33. The molecule has 3 aromatic rings. The monoisotopic (exact) mass is 468 g/mol. The van der Waals surface area contributed by atoms with Crippen LogP contribution in [-0.4, -0.2) is 47.8 Å². The molecule has 2 amide bonds. The first-order valence-electron chi connectivity index (χ1n) is 10.3. The van der Waals surface area contributed by atoms with Crippen LogP contribution >= 0.6 is 11.6 Å². The topological polar surface area (TPSA) is 109 Å². The lowest BCUT2D eigenvalue weighted by atomic mass is 10.1. The first kappa shape index (κ1) is 22.3. The van der Waals surface area contributed by atoms with Crippen LogP contribution in [0.1, 0.15) is 17.5 Å². The molecule has 2 heterocycles. The number of para-hydroxylation sites is 1. The molecular formula is C23H21ClN4O5. The molecule has 1 aliphatic heterocycles. The van der Waals surface area contributed by atoms with Crippen LogP contribution in [0.2, 0.25) is 5.02 Å². The Morgan fingerprint density at radius 1 is 1.06 bits per heavy atom. The van der Waals surface area contributed by atoms with Gasteiger partial charge in [0.05, 0.1) is 21.2 Å². The number of rotatable bonds is 5. The van der Waals surface area contributed by atoms with Crippen LogP contribution in [0.3, 0.4) is 0 Å². The van der Waals surface area contributed by atoms with Gasteiger partial charge in [0, 0.05) is 44.9 Å². The van der Waals surface area contributed by atoms with Gasteiger partial charge in [-0.15, -0.1) is 0 Å². The van der Waals surface area contributed by atoms with Gasteiger partial charge in [0.2, 0.25) is 5.91 Å². The molecule has 1 fully saturated rings. The summed E-state index contributed by atoms with van der Waals surface area (Å²) in [4.78, 5) is 38.8. The average Bonchev–Trinajstić information content (AvgIpc) is 3.30. The third-order valence-corrected chi connectivity index (χ3v) is 5.77. The molecule has 0 atom stereocenters. The molecule has 4 rings (SSSR count). The van der Waals surface area contributed by atoms with Crippen LogP contribution < -0.4 is 10.2 Å². The summed E-state index contributed by atoms with van der Waals surface area (Å²) in [6, 6.07) is 14.4. The van der Waals surface area contributed by atoms with Crippen molar-refractivity contribution in [3.63, 3.8) is 0 Å². The Labute approximate surface area is 194 Å². The third kappa shape index (κ3) is 4.83. The summed E-state index contributed by atoms with van der Waals surface area (Å²) in [6.45, 7) is 4.16. The maximum atomic E-state index is 12.6. The number of carbonyl (C=O) groups excluding carboxylic acids is 2. The fourth-order valence-corrected chi connectivity index (χ4v) is 4.04. The summed E-state index contributed by atoms with van der Waals surface area (Å²) in [7, 11) is 0. The number of nitrogens with one attached hydrogen (secondary N) is 1. The van der Waals surface area contributed by atoms with E-state index in [2.05, 4.69) is 10.2 Å². The first-order valence-corrected chi connectivity index (χ1v) is 10.7. The Morgan fingerprint density at radius 2 is 1.79 bits per heavy atom. The molecule has 10 heteroatoms. The fourth-order valence-electron chi connectivity index (χ4n) is 3.74. The molecule has 33 heavy (non-hydrogen) atoms. The Kier molecular flexibility index (Phi) is 6.32. The molecule has 0 spiro atoms. The van der Waals surface area contributed by atoms with Crippen molar-refractivity contribution in [3.05, 3.63) is 75.5 Å². The molecule has 170 valence electrons. The van der Waals surface area contributed by atoms with Gasteiger partial charge >= 0.3 is 0 Å². The highest BCUT2D eigenvalue weighted by Gasteiger charge is 2.22. The van der Waals surface area contributed by atoms with Gasteiger partial charge < -0.3 is 19.5 Å². The van der Waals surface area contributed by atoms with Crippen molar-refractivity contribution in [2.75, 3.05) is 36.4 Å². The summed E-state index contributed by atoms with van der Waals surface area (Å²) in [5, 5.41) is 14.5. The molecule has 2 aromatic carbocycles. The Hall–Kier alpha value is -3.85. The number of amides is 2. The molecule has 9 nitrogen and oxygen atoms in total. The van der Waals surface area contributed by atoms with Crippen molar-refractivity contribution in [1.29, 1.82) is 0 Å². The fraction of sp³-hybridized carbons (Fsp3) is 0.217. The van der Waals surface area contributed by atoms with Crippen molar-refractivity contribution in [2.24, 2.45) is 0 Å². The largest absolute Gasteiger partial charge is 0.451 e. The summed E-state index contributed by atoms with van der Waals surface area (Å²) >= 11 is 6.46. The minimum absolute atomic E-state index is 0.0173. The molecule has 0 aliphatic carbocycles. The van der Waals surface area contributed by atoms with Crippen molar-refractivity contribution in [2.45, 2.75) is 6.92 Å². The van der Waals surface area contributed by atoms with Gasteiger partial charge in [0.1, 0.15) is 5.76 Å². The van der Waals surface area contributed by atoms with E-state index in [4.69, 9.17) is 16.0 Å². The second-order valence-electron chi connectivity index (χ2n) is 7.55. The van der Waals surface area contributed by atoms with Gasteiger partial charge in [-0.2, -0.15) is 0 Å². The lowest BCUT2D eigenvalue weighted by Crippen LogP contribution is -2.48. The standard InChI is InChI=1S/C23H21ClN4O5/c1-15(29)26-10-12-27(13-11-26)20-7-6-16(14-18(20)24)25-23(30)22-9-8-21(33-22)17-4-2-3-5-19(17)28(31)32/h2-9,14H,10-13H2,1H3,(H,25,30). The number of halogens is 1. The zero-order valence-corrected chi connectivity index (χ0v) is 18.5. The Balaban J connectivity index is 1.45. The van der Waals surface area contributed by atoms with Crippen LogP contribution in [0.25, 0.3) is 11.3 Å². The molecule has 0 bridgehead atoms. The zero-order valence-electron chi connectivity index (χ0n) is 17.8. The number of hydrogen-bond donors (Lipinski definition) is 1. The molecule has 0 saturated carbocycles. The third-order valence-electron chi connectivity index (χ3n) is 5.47. The van der Waals surface area contributed by atoms with Crippen LogP contribution in [-0.2, 0) is 4.79 Å². The van der Waals surface area contributed by atoms with E-state index in [1.54, 1.807) is 42.2 Å². The zero-order chi connectivity index (χ0) is 23.5. The number of nitrogens with zero attached hydrogens (tertiary/aromatic N) is 3. The van der Waals surface area contributed by atoms with Crippen LogP contribution in [0.5, 0.6) is 0 Å². The van der Waals surface area contributed by atoms with E-state index in [-0.39, 0.29) is 23.1 Å². The second-order valence-corrected chi connectivity index (χ2v) is 7.96. The van der Waals surface area contributed by atoms with Gasteiger partial charge in [-0.1, -0.05) is 23.7 Å². The normalized spacial score (nSPS) is 13.6. The van der Waals surface area contributed by atoms with Crippen molar-refractivity contribution in [3.8, 4) is 11.3 Å². The molecule has 1 N–H and O–H groups in total. The number of carbonyl (C=O) groups is 2. The number of hydrogen-bond acceptors (Lipinski definition) is 6. The van der Waals surface area contributed by atoms with E-state index in [0.717, 1.165) is 5.69 Å². The Bertz CT molecular complexity index is 1220. The summed E-state index contributed by atoms with van der Waals surface area (Å²) in [5.74, 6) is -0.199. The van der Waals surface area contributed by atoms with E-state index in [1.165, 1.54) is 18.2 Å². The minimum Gasteiger partial charge on any atom is -0.451 e. The molecule has 0 radical (unpaired) electrons. The molecule has 1 saturated heterocycles. The Morgan fingerprint density at radius 3 is 2.45 bits per heavy atom. The van der Waals surface area contributed by atoms with E-state index >= 15 is 0 Å². The molecule has 1 aliphatic rings. The van der Waals surface area contributed by atoms with Crippen molar-refractivity contribution in [1.82, 2.24) is 4.90 Å². The van der Waals surface area contributed by atoms with Crippen LogP contribution in [0, 0.1) is 10.1 Å². The molecule has 1 aromatic heterocycles. The highest BCUT2D eigenvalue weighted by atomic mass is 35.5. The average molecular weight is 469 g/mol. The quantitative estimate of drug-likeness (QED) is 0.438. The summed E-state index contributed by atoms with van der Waals surface area (Å²) in [6.07, 6.45) is 0. The van der Waals surface area contributed by atoms with Gasteiger partial charge in [0.25, 0.3) is 11.6 Å². The predicted octanol–water partition coefficient (Wildman–Crippen LogP) is 4.43. The van der Waals surface area contributed by atoms with Crippen LogP contribution in [0.15, 0.2) is 59.0 Å². The number of benzene rings is 2. The van der Waals surface area contributed by atoms with E-state index in [9.17, 15) is 19.7 Å². The maximum Gasteiger partial charge on any atom is 0.291 e. The van der Waals surface area contributed by atoms with E-state index in [1.807, 2.05) is 6.07 Å². The van der Waals surface area contributed by atoms with Gasteiger partial charge in [-0.25, -0.2) is 0 Å². The minimum atomic E-state index is -0.501. The lowest BCUT2D eigenvalue weighted by Gasteiger charge is -2.36. The smallest absolute Gasteiger partial charge is 0.291 e. The lowest BCUT2D eigenvalue weighted by molar-refractivity contribution is -0.384. The van der Waals surface area contributed by atoms with Crippen LogP contribution in [0.4, 0.5) is 17.1 Å². The van der Waals surface area contributed by atoms with Crippen molar-refractivity contribution < 1.29 is 18.9 Å². The molecular weight excluding hydrogens is 448 g/mol. The number of piperazine rings is 1. The second kappa shape index (κ2) is 9.33. The van der Waals surface area contributed by atoms with E-state index in [0.29, 0.717) is 42.5 Å². The highest BCUT2D eigenvalue weighted by Crippen LogP contribution is 2.32. The predicted molar refractivity (Wildman–Crippen MR) is 125 cm³/mol. The van der Waals surface area contributed by atoms with Gasteiger partial charge in [-0.05, 0) is 36.4 Å². The summed E-state index contributed by atoms with van der Waals surface area (Å²) in [5.41, 5.74) is 1.50. The number of nitro benzene ring substituents is 1. The number of anilines is 2. The number of nitro groups is 1. The van der Waals surface area contributed by atoms with Gasteiger partial charge in [0.15, 0.2) is 5.76 Å². The van der Waals surface area contributed by atoms with Crippen molar-refractivity contribution >= 4 is 40.5 Å². The van der Waals surface area contributed by atoms with E-state index < -0.39 is 10.8 Å². The van der Waals surface area contributed by atoms with Gasteiger partial charge in [-0.3, -0.25) is 19.7 Å². The first-order chi connectivity index (χ1) is 15.8. The number of furan rings is 1. The maximum absolute atomic E-state index is 12.6. The summed E-state index contributed by atoms with van der Waals surface area (Å²) < 4.78 is 5.58. The SMILES string of the molecule is CC(=O)N1CCN(c2ccc(NC(=O)c3ccc(-c4ccccc4[N+](=O)[O-])o3)cc2Cl)CC1.